The highest BCUT2D eigenvalue weighted by atomic mass is 16.5. The zero-order valence-electron chi connectivity index (χ0n) is 13.6. The van der Waals surface area contributed by atoms with Gasteiger partial charge in [-0.05, 0) is 50.4 Å². The van der Waals surface area contributed by atoms with E-state index in [2.05, 4.69) is 57.3 Å². The van der Waals surface area contributed by atoms with Crippen LogP contribution in [0.5, 0.6) is 5.75 Å². The van der Waals surface area contributed by atoms with E-state index in [0.29, 0.717) is 0 Å². The van der Waals surface area contributed by atoms with Gasteiger partial charge < -0.3 is 10.1 Å². The maximum Gasteiger partial charge on any atom is 0.119 e. The van der Waals surface area contributed by atoms with E-state index in [4.69, 9.17) is 4.74 Å². The van der Waals surface area contributed by atoms with Gasteiger partial charge in [-0.3, -0.25) is 0 Å². The fourth-order valence-corrected chi connectivity index (χ4v) is 2.32. The third-order valence-electron chi connectivity index (χ3n) is 3.60. The highest BCUT2D eigenvalue weighted by Gasteiger charge is 2.05. The predicted molar refractivity (Wildman–Crippen MR) is 87.2 cm³/mol. The van der Waals surface area contributed by atoms with Crippen LogP contribution in [-0.2, 0) is 6.54 Å². The van der Waals surface area contributed by atoms with Crippen LogP contribution in [0, 0.1) is 5.92 Å². The lowest BCUT2D eigenvalue weighted by molar-refractivity contribution is 0.242. The van der Waals surface area contributed by atoms with Crippen LogP contribution in [0.1, 0.15) is 58.9 Å². The molecule has 0 fully saturated rings. The third kappa shape index (κ3) is 6.95. The van der Waals surface area contributed by atoms with Crippen LogP contribution < -0.4 is 10.1 Å². The second kappa shape index (κ2) is 9.82. The Morgan fingerprint density at radius 3 is 2.35 bits per heavy atom. The summed E-state index contributed by atoms with van der Waals surface area (Å²) < 4.78 is 5.65. The lowest BCUT2D eigenvalue weighted by Gasteiger charge is -2.15. The molecular formula is C18H31NO. The van der Waals surface area contributed by atoms with E-state index in [9.17, 15) is 0 Å². The molecule has 1 atom stereocenters. The summed E-state index contributed by atoms with van der Waals surface area (Å²) in [6, 6.07) is 8.42. The molecule has 1 N–H and O–H groups in total. The first kappa shape index (κ1) is 17.0. The van der Waals surface area contributed by atoms with E-state index in [-0.39, 0.29) is 6.10 Å². The van der Waals surface area contributed by atoms with Crippen molar-refractivity contribution in [2.24, 2.45) is 5.92 Å². The molecule has 0 spiro atoms. The third-order valence-corrected chi connectivity index (χ3v) is 3.60. The number of nitrogens with one attached hydrogen (secondary N) is 1. The summed E-state index contributed by atoms with van der Waals surface area (Å²) in [5.41, 5.74) is 1.33. The monoisotopic (exact) mass is 277 g/mol. The number of rotatable bonds is 10. The van der Waals surface area contributed by atoms with E-state index in [1.807, 2.05) is 0 Å². The van der Waals surface area contributed by atoms with Crippen molar-refractivity contribution in [1.82, 2.24) is 5.32 Å². The molecule has 20 heavy (non-hydrogen) atoms. The molecule has 1 rings (SSSR count). The first-order valence-electron chi connectivity index (χ1n) is 8.12. The summed E-state index contributed by atoms with van der Waals surface area (Å²) in [5.74, 6) is 1.77. The Labute approximate surface area is 124 Å². The molecule has 0 amide bonds. The molecule has 0 heterocycles. The second-order valence-corrected chi connectivity index (χ2v) is 5.86. The molecule has 0 aliphatic rings. The molecule has 0 aromatic heterocycles. The van der Waals surface area contributed by atoms with E-state index >= 15 is 0 Å². The van der Waals surface area contributed by atoms with Crippen molar-refractivity contribution in [3.63, 3.8) is 0 Å². The predicted octanol–water partition coefficient (Wildman–Crippen LogP) is 4.78. The zero-order chi connectivity index (χ0) is 14.8. The van der Waals surface area contributed by atoms with E-state index in [1.165, 1.54) is 31.2 Å². The number of unbranched alkanes of at least 4 members (excludes halogenated alkanes) is 1. The normalized spacial score (nSPS) is 12.7. The quantitative estimate of drug-likeness (QED) is 0.664. The van der Waals surface area contributed by atoms with Gasteiger partial charge >= 0.3 is 0 Å². The van der Waals surface area contributed by atoms with Gasteiger partial charge in [0.25, 0.3) is 0 Å². The number of hydrogen-bond acceptors (Lipinski definition) is 2. The van der Waals surface area contributed by atoms with Crippen molar-refractivity contribution in [3.05, 3.63) is 29.8 Å². The van der Waals surface area contributed by atoms with Gasteiger partial charge in [0.15, 0.2) is 0 Å². The summed E-state index contributed by atoms with van der Waals surface area (Å²) in [4.78, 5) is 0. The fourth-order valence-electron chi connectivity index (χ4n) is 2.32. The molecule has 0 saturated heterocycles. The van der Waals surface area contributed by atoms with Crippen molar-refractivity contribution in [2.45, 2.75) is 66.0 Å². The van der Waals surface area contributed by atoms with Crippen LogP contribution in [0.2, 0.25) is 0 Å². The van der Waals surface area contributed by atoms with E-state index in [1.54, 1.807) is 0 Å². The second-order valence-electron chi connectivity index (χ2n) is 5.86. The maximum atomic E-state index is 5.65. The Hall–Kier alpha value is -1.02. The minimum absolute atomic E-state index is 0.239. The highest BCUT2D eigenvalue weighted by molar-refractivity contribution is 5.27. The first-order chi connectivity index (χ1) is 9.65. The van der Waals surface area contributed by atoms with Crippen LogP contribution in [0.3, 0.4) is 0 Å². The summed E-state index contributed by atoms with van der Waals surface area (Å²) >= 11 is 0. The Morgan fingerprint density at radius 1 is 1.10 bits per heavy atom. The van der Waals surface area contributed by atoms with E-state index < -0.39 is 0 Å². The molecule has 2 heteroatoms. The molecule has 114 valence electrons. The smallest absolute Gasteiger partial charge is 0.119 e. The van der Waals surface area contributed by atoms with Crippen molar-refractivity contribution in [2.75, 3.05) is 6.54 Å². The van der Waals surface area contributed by atoms with Gasteiger partial charge in [-0.1, -0.05) is 45.2 Å². The molecule has 0 radical (unpaired) electrons. The van der Waals surface area contributed by atoms with Gasteiger partial charge in [0.2, 0.25) is 0 Å². The molecule has 1 unspecified atom stereocenters. The average molecular weight is 277 g/mol. The minimum Gasteiger partial charge on any atom is -0.491 e. The summed E-state index contributed by atoms with van der Waals surface area (Å²) in [7, 11) is 0. The number of benzene rings is 1. The van der Waals surface area contributed by atoms with Gasteiger partial charge in [-0.2, -0.15) is 0 Å². The van der Waals surface area contributed by atoms with Crippen LogP contribution in [0.15, 0.2) is 24.3 Å². The Kier molecular flexibility index (Phi) is 8.36. The van der Waals surface area contributed by atoms with Crippen LogP contribution in [0.25, 0.3) is 0 Å². The van der Waals surface area contributed by atoms with Crippen LogP contribution >= 0.6 is 0 Å². The van der Waals surface area contributed by atoms with Gasteiger partial charge in [-0.15, -0.1) is 0 Å². The van der Waals surface area contributed by atoms with Crippen molar-refractivity contribution < 1.29 is 4.74 Å². The first-order valence-corrected chi connectivity index (χ1v) is 8.12. The minimum atomic E-state index is 0.239. The van der Waals surface area contributed by atoms with Gasteiger partial charge in [0, 0.05) is 6.54 Å². The summed E-state index contributed by atoms with van der Waals surface area (Å²) in [6.07, 6.45) is 5.51. The lowest BCUT2D eigenvalue weighted by atomic mass is 9.99. The van der Waals surface area contributed by atoms with Gasteiger partial charge in [0.1, 0.15) is 5.75 Å². The molecule has 0 saturated carbocycles. The summed E-state index contributed by atoms with van der Waals surface area (Å²) in [5, 5.41) is 3.58. The Morgan fingerprint density at radius 2 is 1.80 bits per heavy atom. The molecule has 0 bridgehead atoms. The molecular weight excluding hydrogens is 246 g/mol. The number of hydrogen-bond donors (Lipinski definition) is 1. The average Bonchev–Trinajstić information content (AvgIpc) is 2.44. The van der Waals surface area contributed by atoms with Gasteiger partial charge in [0.05, 0.1) is 6.10 Å². The summed E-state index contributed by atoms with van der Waals surface area (Å²) in [6.45, 7) is 10.7. The maximum absolute atomic E-state index is 5.65. The van der Waals surface area contributed by atoms with Gasteiger partial charge in [-0.25, -0.2) is 0 Å². The highest BCUT2D eigenvalue weighted by Crippen LogP contribution is 2.14. The molecule has 1 aromatic carbocycles. The van der Waals surface area contributed by atoms with E-state index in [0.717, 1.165) is 24.8 Å². The topological polar surface area (TPSA) is 21.3 Å². The molecule has 1 aromatic rings. The molecule has 0 aliphatic carbocycles. The lowest BCUT2D eigenvalue weighted by Crippen LogP contribution is -2.22. The largest absolute Gasteiger partial charge is 0.491 e. The number of ether oxygens (including phenoxy) is 1. The SMILES string of the molecule is CCCCC(CC)CNCc1ccc(OC(C)C)cc1. The fraction of sp³-hybridized carbons (Fsp3) is 0.667. The van der Waals surface area contributed by atoms with Crippen molar-refractivity contribution in [3.8, 4) is 5.75 Å². The molecule has 0 aliphatic heterocycles. The Bertz CT molecular complexity index is 345. The van der Waals surface area contributed by atoms with Crippen LogP contribution in [-0.4, -0.2) is 12.6 Å². The van der Waals surface area contributed by atoms with Crippen LogP contribution in [0.4, 0.5) is 0 Å². The standard InChI is InChI=1S/C18H31NO/c1-5-7-8-16(6-2)13-19-14-17-9-11-18(12-10-17)20-15(3)4/h9-12,15-16,19H,5-8,13-14H2,1-4H3. The Balaban J connectivity index is 2.30. The zero-order valence-corrected chi connectivity index (χ0v) is 13.6. The molecule has 2 nitrogen and oxygen atoms in total. The van der Waals surface area contributed by atoms with Crippen molar-refractivity contribution >= 4 is 0 Å². The van der Waals surface area contributed by atoms with Crippen molar-refractivity contribution in [1.29, 1.82) is 0 Å².